The fourth-order valence-corrected chi connectivity index (χ4v) is 12.2. The van der Waals surface area contributed by atoms with E-state index in [1.54, 1.807) is 0 Å². The van der Waals surface area contributed by atoms with Gasteiger partial charge in [-0.3, -0.25) is 0 Å². The molecule has 426 valence electrons. The highest BCUT2D eigenvalue weighted by Gasteiger charge is 2.45. The van der Waals surface area contributed by atoms with Gasteiger partial charge >= 0.3 is 0 Å². The Morgan fingerprint density at radius 3 is 1.17 bits per heavy atom. The van der Waals surface area contributed by atoms with Crippen LogP contribution >= 0.6 is 0 Å². The highest BCUT2D eigenvalue weighted by atomic mass is 16.3. The maximum absolute atomic E-state index is 6.96. The summed E-state index contributed by atoms with van der Waals surface area (Å²) in [7, 11) is 0. The summed E-state index contributed by atoms with van der Waals surface area (Å²) >= 11 is 0. The molecule has 0 amide bonds. The van der Waals surface area contributed by atoms with E-state index in [2.05, 4.69) is 318 Å². The summed E-state index contributed by atoms with van der Waals surface area (Å²) in [4.78, 5) is 13.0. The van der Waals surface area contributed by atoms with Crippen LogP contribution in [0.4, 0.5) is 51.2 Å². The van der Waals surface area contributed by atoms with E-state index in [1.807, 2.05) is 0 Å². The largest absolute Gasteiger partial charge is 0.436 e. The second kappa shape index (κ2) is 19.6. The van der Waals surface area contributed by atoms with E-state index in [9.17, 15) is 0 Å². The number of benzene rings is 8. The Balaban J connectivity index is 1.24. The van der Waals surface area contributed by atoms with Gasteiger partial charge in [0.15, 0.2) is 5.58 Å². The predicted molar refractivity (Wildman–Crippen MR) is 359 cm³/mol. The van der Waals surface area contributed by atoms with Gasteiger partial charge in [-0.15, -0.1) is 0 Å². The van der Waals surface area contributed by atoms with Crippen LogP contribution in [0.5, 0.6) is 0 Å². The Labute approximate surface area is 498 Å². The minimum Gasteiger partial charge on any atom is -0.436 e. The van der Waals surface area contributed by atoms with Crippen LogP contribution in [0, 0.1) is 0 Å². The van der Waals surface area contributed by atoms with Gasteiger partial charge in [0.2, 0.25) is 5.89 Å². The van der Waals surface area contributed by atoms with Gasteiger partial charge in [0, 0.05) is 62.8 Å². The zero-order valence-corrected chi connectivity index (χ0v) is 53.8. The molecule has 0 saturated heterocycles. The molecule has 9 aromatic rings. The van der Waals surface area contributed by atoms with Crippen LogP contribution < -0.4 is 31.1 Å². The first-order valence-corrected chi connectivity index (χ1v) is 30.3. The van der Waals surface area contributed by atoms with Crippen molar-refractivity contribution in [3.63, 3.8) is 0 Å². The van der Waals surface area contributed by atoms with Gasteiger partial charge in [0.1, 0.15) is 5.52 Å². The molecule has 83 heavy (non-hydrogen) atoms. The van der Waals surface area contributed by atoms with Crippen molar-refractivity contribution in [2.75, 3.05) is 14.7 Å². The lowest BCUT2D eigenvalue weighted by molar-refractivity contribution is 0.568. The first-order chi connectivity index (χ1) is 38.5. The van der Waals surface area contributed by atoms with Crippen molar-refractivity contribution in [2.24, 2.45) is 0 Å². The molecule has 0 N–H and O–H groups in total. The van der Waals surface area contributed by atoms with Gasteiger partial charge in [-0.1, -0.05) is 206 Å². The molecular formula is C77H89BN4O. The number of hydrogen-bond acceptors (Lipinski definition) is 5. The molecule has 0 spiro atoms. The van der Waals surface area contributed by atoms with Gasteiger partial charge < -0.3 is 19.1 Å². The molecule has 0 radical (unpaired) electrons. The molecule has 0 saturated carbocycles. The molecule has 0 aliphatic carbocycles. The number of nitrogens with zero attached hydrogens (tertiary/aromatic N) is 4. The summed E-state index contributed by atoms with van der Waals surface area (Å²) in [5.41, 5.74) is 25.1. The van der Waals surface area contributed by atoms with Crippen molar-refractivity contribution >= 4 is 85.4 Å². The fraction of sp³-hybridized carbons (Fsp3) is 0.364. The van der Waals surface area contributed by atoms with Crippen LogP contribution in [-0.4, -0.2) is 11.7 Å². The SMILES string of the molecule is CC(C)(C)c1ccc(-c2nc3cc4c(cc3o2)N(c2cc(C(C)(C)C)cc(C(C)(C)C)c2)c2cc(C(C)(C)C)cc3c2B4c2ccc(N(c4ccc(C(C)(C)C)cc4)c4ccc(C(C)(C)C)cc4)cc2N3c2ccc(C(C)(C)C)cc2)cc1. The maximum atomic E-state index is 6.96. The minimum absolute atomic E-state index is 0.0116. The lowest BCUT2D eigenvalue weighted by atomic mass is 9.33. The monoisotopic (exact) mass is 1100 g/mol. The second-order valence-corrected chi connectivity index (χ2v) is 31.2. The maximum Gasteiger partial charge on any atom is 0.252 e. The van der Waals surface area contributed by atoms with Gasteiger partial charge in [-0.25, -0.2) is 4.98 Å². The molecular weight excluding hydrogens is 1010 g/mol. The molecule has 0 bridgehead atoms. The Morgan fingerprint density at radius 2 is 0.723 bits per heavy atom. The van der Waals surface area contributed by atoms with E-state index in [0.29, 0.717) is 5.89 Å². The molecule has 0 unspecified atom stereocenters. The van der Waals surface area contributed by atoms with E-state index in [0.717, 1.165) is 56.5 Å². The van der Waals surface area contributed by atoms with Crippen LogP contribution in [0.3, 0.4) is 0 Å². The van der Waals surface area contributed by atoms with Crippen LogP contribution in [0.15, 0.2) is 162 Å². The summed E-state index contributed by atoms with van der Waals surface area (Å²) in [6, 6.07) is 60.9. The van der Waals surface area contributed by atoms with Gasteiger partial charge in [-0.05, 0) is 184 Å². The Morgan fingerprint density at radius 1 is 0.337 bits per heavy atom. The van der Waals surface area contributed by atoms with E-state index >= 15 is 0 Å². The number of rotatable bonds is 6. The number of anilines is 9. The highest BCUT2D eigenvalue weighted by molar-refractivity contribution is 7.00. The predicted octanol–water partition coefficient (Wildman–Crippen LogP) is 20.1. The zero-order chi connectivity index (χ0) is 59.9. The average Bonchev–Trinajstić information content (AvgIpc) is 1.31. The summed E-state index contributed by atoms with van der Waals surface area (Å²) in [6.45, 7) is 48.4. The van der Waals surface area contributed by atoms with Crippen molar-refractivity contribution in [2.45, 2.75) is 183 Å². The quantitative estimate of drug-likeness (QED) is 0.155. The number of aromatic nitrogens is 1. The van der Waals surface area contributed by atoms with Crippen molar-refractivity contribution in [1.82, 2.24) is 4.98 Å². The third-order valence-corrected chi connectivity index (χ3v) is 17.6. The molecule has 8 aromatic carbocycles. The molecule has 2 aliphatic heterocycles. The number of hydrogen-bond donors (Lipinski definition) is 0. The molecule has 6 heteroatoms. The first kappa shape index (κ1) is 57.5. The smallest absolute Gasteiger partial charge is 0.252 e. The molecule has 3 heterocycles. The topological polar surface area (TPSA) is 35.8 Å². The lowest BCUT2D eigenvalue weighted by Gasteiger charge is -2.45. The lowest BCUT2D eigenvalue weighted by Crippen LogP contribution is -2.61. The van der Waals surface area contributed by atoms with Crippen LogP contribution in [0.25, 0.3) is 22.6 Å². The standard InChI is InChI=1S/C77H89BN4O/c1-71(2,3)49-24-22-48(23-25-49)70-79-63-46-62-65(47-68(63)83-70)82(60-41-53(75(13,14)15)40-54(42-60)76(16,17)18)67-44-55(77(19,20)21)43-66-69(67)78(62)61-39-38-59(45-64(61)81(66)58-36-30-52(31-37-58)74(10,11)12)80(56-32-26-50(27-33-56)72(4,5)6)57-34-28-51(29-35-57)73(7,8)9/h22-47H,1-21H3. The summed E-state index contributed by atoms with van der Waals surface area (Å²) in [6.07, 6.45) is 0. The molecule has 5 nitrogen and oxygen atoms in total. The van der Waals surface area contributed by atoms with Gasteiger partial charge in [0.25, 0.3) is 6.71 Å². The third kappa shape index (κ3) is 10.7. The average molecular weight is 1100 g/mol. The highest BCUT2D eigenvalue weighted by Crippen LogP contribution is 2.50. The number of fused-ring (bicyclic) bond motifs is 5. The number of oxazole rings is 1. The Kier molecular flexibility index (Phi) is 13.6. The molecule has 11 rings (SSSR count). The van der Waals surface area contributed by atoms with Crippen LogP contribution in [-0.2, 0) is 37.9 Å². The van der Waals surface area contributed by atoms with E-state index < -0.39 is 0 Å². The second-order valence-electron chi connectivity index (χ2n) is 31.2. The van der Waals surface area contributed by atoms with E-state index in [4.69, 9.17) is 9.40 Å². The van der Waals surface area contributed by atoms with Gasteiger partial charge in [0.05, 0.1) is 0 Å². The van der Waals surface area contributed by atoms with E-state index in [-0.39, 0.29) is 44.6 Å². The molecule has 0 fully saturated rings. The first-order valence-electron chi connectivity index (χ1n) is 30.3. The van der Waals surface area contributed by atoms with Gasteiger partial charge in [-0.2, -0.15) is 0 Å². The Bertz CT molecular complexity index is 3840. The fourth-order valence-electron chi connectivity index (χ4n) is 12.2. The minimum atomic E-state index is -0.206. The van der Waals surface area contributed by atoms with Crippen molar-refractivity contribution < 1.29 is 4.42 Å². The molecule has 1 aromatic heterocycles. The Hall–Kier alpha value is -7.31. The molecule has 2 aliphatic rings. The van der Waals surface area contributed by atoms with Crippen LogP contribution in [0.2, 0.25) is 0 Å². The summed E-state index contributed by atoms with van der Waals surface area (Å²) < 4.78 is 6.96. The zero-order valence-electron chi connectivity index (χ0n) is 53.8. The van der Waals surface area contributed by atoms with E-state index in [1.165, 1.54) is 66.7 Å². The van der Waals surface area contributed by atoms with Crippen molar-refractivity contribution in [3.05, 3.63) is 197 Å². The van der Waals surface area contributed by atoms with Crippen LogP contribution in [0.1, 0.15) is 184 Å². The van der Waals surface area contributed by atoms with Crippen molar-refractivity contribution in [3.8, 4) is 11.5 Å². The summed E-state index contributed by atoms with van der Waals surface area (Å²) in [5, 5.41) is 0. The summed E-state index contributed by atoms with van der Waals surface area (Å²) in [5.74, 6) is 0.622. The third-order valence-electron chi connectivity index (χ3n) is 17.6. The normalized spacial score (nSPS) is 14.0. The van der Waals surface area contributed by atoms with Crippen molar-refractivity contribution in [1.29, 1.82) is 0 Å². The molecule has 0 atom stereocenters.